The lowest BCUT2D eigenvalue weighted by Gasteiger charge is -2.52. The van der Waals surface area contributed by atoms with Crippen LogP contribution in [0.1, 0.15) is 28.8 Å². The molecule has 33 heavy (non-hydrogen) atoms. The molecular formula is C27H26N2O4. The second-order valence-electron chi connectivity index (χ2n) is 8.76. The molecule has 6 nitrogen and oxygen atoms in total. The average molecular weight is 443 g/mol. The van der Waals surface area contributed by atoms with Crippen molar-refractivity contribution in [1.82, 2.24) is 9.80 Å². The molecule has 3 aliphatic heterocycles. The van der Waals surface area contributed by atoms with Gasteiger partial charge in [0.2, 0.25) is 5.85 Å². The number of nitrogens with zero attached hydrogens (tertiary/aromatic N) is 2. The van der Waals surface area contributed by atoms with Gasteiger partial charge in [0.05, 0.1) is 25.8 Å². The Balaban J connectivity index is 1.44. The molecule has 168 valence electrons. The lowest BCUT2D eigenvalue weighted by Crippen LogP contribution is -2.67. The topological polar surface area (TPSA) is 51.2 Å². The molecular weight excluding hydrogens is 416 g/mol. The third-order valence-corrected chi connectivity index (χ3v) is 6.96. The van der Waals surface area contributed by atoms with Crippen LogP contribution in [0.3, 0.4) is 0 Å². The molecule has 3 aromatic carbocycles. The van der Waals surface area contributed by atoms with Gasteiger partial charge in [0.1, 0.15) is 12.4 Å². The highest BCUT2D eigenvalue weighted by Gasteiger charge is 2.69. The van der Waals surface area contributed by atoms with Gasteiger partial charge in [0.25, 0.3) is 5.91 Å². The first-order chi connectivity index (χ1) is 16.2. The van der Waals surface area contributed by atoms with Gasteiger partial charge in [-0.25, -0.2) is 4.90 Å². The van der Waals surface area contributed by atoms with Gasteiger partial charge in [-0.15, -0.1) is 0 Å². The van der Waals surface area contributed by atoms with Crippen LogP contribution in [-0.2, 0) is 20.8 Å². The summed E-state index contributed by atoms with van der Waals surface area (Å²) in [4.78, 5) is 18.0. The number of hydrogen-bond donors (Lipinski definition) is 0. The van der Waals surface area contributed by atoms with Crippen molar-refractivity contribution in [3.63, 3.8) is 0 Å². The first-order valence-electron chi connectivity index (χ1n) is 11.3. The Labute approximate surface area is 193 Å². The minimum Gasteiger partial charge on any atom is -0.497 e. The van der Waals surface area contributed by atoms with E-state index in [4.69, 9.17) is 14.2 Å². The van der Waals surface area contributed by atoms with Gasteiger partial charge in [-0.3, -0.25) is 9.69 Å². The van der Waals surface area contributed by atoms with Crippen molar-refractivity contribution >= 4 is 5.91 Å². The smallest absolute Gasteiger partial charge is 0.257 e. The van der Waals surface area contributed by atoms with E-state index in [2.05, 4.69) is 29.2 Å². The van der Waals surface area contributed by atoms with E-state index in [1.165, 1.54) is 0 Å². The minimum atomic E-state index is -0.944. The zero-order valence-electron chi connectivity index (χ0n) is 18.5. The van der Waals surface area contributed by atoms with Gasteiger partial charge < -0.3 is 14.2 Å². The molecule has 1 spiro atoms. The highest BCUT2D eigenvalue weighted by atomic mass is 16.6. The summed E-state index contributed by atoms with van der Waals surface area (Å²) in [6, 6.07) is 27.9. The van der Waals surface area contributed by atoms with Crippen molar-refractivity contribution in [3.05, 3.63) is 102 Å². The molecule has 3 aliphatic rings. The lowest BCUT2D eigenvalue weighted by atomic mass is 9.93. The molecule has 0 aromatic heterocycles. The van der Waals surface area contributed by atoms with Crippen molar-refractivity contribution in [3.8, 4) is 5.75 Å². The first-order valence-corrected chi connectivity index (χ1v) is 11.3. The molecule has 6 heteroatoms. The van der Waals surface area contributed by atoms with E-state index in [1.54, 1.807) is 7.11 Å². The summed E-state index contributed by atoms with van der Waals surface area (Å²) in [5, 5.41) is 0. The van der Waals surface area contributed by atoms with Crippen LogP contribution in [0.5, 0.6) is 5.75 Å². The molecule has 0 N–H and O–H groups in total. The molecule has 3 saturated heterocycles. The van der Waals surface area contributed by atoms with Crippen molar-refractivity contribution < 1.29 is 19.0 Å². The number of carbonyl (C=O) groups is 1. The van der Waals surface area contributed by atoms with E-state index in [9.17, 15) is 4.79 Å². The maximum Gasteiger partial charge on any atom is 0.257 e. The summed E-state index contributed by atoms with van der Waals surface area (Å²) >= 11 is 0. The van der Waals surface area contributed by atoms with Crippen LogP contribution < -0.4 is 4.74 Å². The third kappa shape index (κ3) is 3.17. The number of morpholine rings is 1. The predicted molar refractivity (Wildman–Crippen MR) is 122 cm³/mol. The second kappa shape index (κ2) is 7.99. The van der Waals surface area contributed by atoms with E-state index in [0.717, 1.165) is 22.4 Å². The van der Waals surface area contributed by atoms with Gasteiger partial charge >= 0.3 is 0 Å². The van der Waals surface area contributed by atoms with Gasteiger partial charge in [0.15, 0.2) is 6.10 Å². The highest BCUT2D eigenvalue weighted by molar-refractivity contribution is 5.86. The maximum absolute atomic E-state index is 13.8. The van der Waals surface area contributed by atoms with Crippen LogP contribution in [0.4, 0.5) is 0 Å². The molecule has 6 rings (SSSR count). The Kier molecular flexibility index (Phi) is 4.94. The molecule has 0 saturated carbocycles. The standard InChI is InChI=1S/C27H26N2O4/c1-31-22-14-12-21(13-15-22)24-25-26(30)29-23(20-10-6-3-7-11-20)17-32-18-27(29,33-25)28(24)16-19-8-4-2-5-9-19/h2-15,23-25H,16-18H2,1H3/t23-,24+,25-,27+/m0/s1. The van der Waals surface area contributed by atoms with Crippen molar-refractivity contribution in [2.45, 2.75) is 30.6 Å². The molecule has 3 heterocycles. The quantitative estimate of drug-likeness (QED) is 0.600. The largest absolute Gasteiger partial charge is 0.497 e. The molecule has 4 atom stereocenters. The first kappa shape index (κ1) is 20.4. The van der Waals surface area contributed by atoms with Crippen LogP contribution in [-0.4, -0.2) is 48.0 Å². The lowest BCUT2D eigenvalue weighted by molar-refractivity contribution is -0.247. The minimum absolute atomic E-state index is 0.0253. The van der Waals surface area contributed by atoms with Crippen molar-refractivity contribution in [2.24, 2.45) is 0 Å². The van der Waals surface area contributed by atoms with Crippen molar-refractivity contribution in [2.75, 3.05) is 20.3 Å². The normalized spacial score (nSPS) is 28.7. The number of ether oxygens (including phenoxy) is 3. The Bertz CT molecular complexity index is 1140. The Morgan fingerprint density at radius 1 is 0.939 bits per heavy atom. The van der Waals surface area contributed by atoms with E-state index in [1.807, 2.05) is 65.6 Å². The number of carbonyl (C=O) groups excluding carboxylic acids is 1. The van der Waals surface area contributed by atoms with Gasteiger partial charge in [-0.05, 0) is 28.8 Å². The molecule has 0 unspecified atom stereocenters. The van der Waals surface area contributed by atoms with E-state index >= 15 is 0 Å². The maximum atomic E-state index is 13.8. The number of methoxy groups -OCH3 is 1. The molecule has 1 amide bonds. The number of rotatable bonds is 5. The van der Waals surface area contributed by atoms with Crippen LogP contribution in [0.2, 0.25) is 0 Å². The summed E-state index contributed by atoms with van der Waals surface area (Å²) in [6.45, 7) is 1.42. The molecule has 3 aromatic rings. The Morgan fingerprint density at radius 3 is 2.33 bits per heavy atom. The average Bonchev–Trinajstić information content (AvgIpc) is 3.34. The summed E-state index contributed by atoms with van der Waals surface area (Å²) in [5.41, 5.74) is 3.25. The zero-order valence-corrected chi connectivity index (χ0v) is 18.5. The van der Waals surface area contributed by atoms with Crippen LogP contribution >= 0.6 is 0 Å². The fourth-order valence-corrected chi connectivity index (χ4v) is 5.45. The second-order valence-corrected chi connectivity index (χ2v) is 8.76. The van der Waals surface area contributed by atoms with Crippen LogP contribution in [0, 0.1) is 0 Å². The van der Waals surface area contributed by atoms with Crippen molar-refractivity contribution in [1.29, 1.82) is 0 Å². The summed E-state index contributed by atoms with van der Waals surface area (Å²) in [6.07, 6.45) is -0.588. The molecule has 0 radical (unpaired) electrons. The van der Waals surface area contributed by atoms with E-state index in [-0.39, 0.29) is 18.0 Å². The zero-order chi connectivity index (χ0) is 22.4. The Morgan fingerprint density at radius 2 is 1.64 bits per heavy atom. The fourth-order valence-electron chi connectivity index (χ4n) is 5.45. The number of amides is 1. The van der Waals surface area contributed by atoms with Gasteiger partial charge in [-0.2, -0.15) is 0 Å². The van der Waals surface area contributed by atoms with E-state index in [0.29, 0.717) is 19.8 Å². The number of fused-ring (bicyclic) bond motifs is 1. The molecule has 0 aliphatic carbocycles. The number of benzene rings is 3. The molecule has 3 fully saturated rings. The highest BCUT2D eigenvalue weighted by Crippen LogP contribution is 2.54. The van der Waals surface area contributed by atoms with E-state index < -0.39 is 12.0 Å². The van der Waals surface area contributed by atoms with Crippen LogP contribution in [0.25, 0.3) is 0 Å². The molecule has 2 bridgehead atoms. The number of hydrogen-bond acceptors (Lipinski definition) is 5. The summed E-state index contributed by atoms with van der Waals surface area (Å²) in [7, 11) is 1.65. The summed E-state index contributed by atoms with van der Waals surface area (Å²) in [5.74, 6) is -0.132. The summed E-state index contributed by atoms with van der Waals surface area (Å²) < 4.78 is 18.1. The van der Waals surface area contributed by atoms with Gasteiger partial charge in [0, 0.05) is 6.54 Å². The fraction of sp³-hybridized carbons (Fsp3) is 0.296. The van der Waals surface area contributed by atoms with Gasteiger partial charge in [-0.1, -0.05) is 72.8 Å². The SMILES string of the molecule is COc1ccc([C@@H]2[C@@H]3O[C@]4(COC[C@@H](c5ccccc5)N4C3=O)N2Cc2ccccc2)cc1. The monoisotopic (exact) mass is 442 g/mol. The Hall–Kier alpha value is -3.19. The third-order valence-electron chi connectivity index (χ3n) is 6.96. The predicted octanol–water partition coefficient (Wildman–Crippen LogP) is 3.90. The van der Waals surface area contributed by atoms with Crippen LogP contribution in [0.15, 0.2) is 84.9 Å².